The number of benzene rings is 2. The molecule has 0 aromatic heterocycles. The summed E-state index contributed by atoms with van der Waals surface area (Å²) in [4.78, 5) is 24.4. The number of nitrogens with one attached hydrogen (secondary N) is 2. The maximum Gasteiger partial charge on any atom is 0.272 e. The SMILES string of the molecule is CCOc1ccccc1NC(=O)/C(=C\c1ccc(OC)c(OC)c1)NC(C)=O. The van der Waals surface area contributed by atoms with Gasteiger partial charge >= 0.3 is 0 Å². The zero-order chi connectivity index (χ0) is 20.5. The predicted octanol–water partition coefficient (Wildman–Crippen LogP) is 3.22. The third-order valence-corrected chi connectivity index (χ3v) is 3.71. The number of hydrogen-bond acceptors (Lipinski definition) is 5. The Kier molecular flexibility index (Phi) is 7.45. The molecule has 2 N–H and O–H groups in total. The maximum absolute atomic E-state index is 12.8. The van der Waals surface area contributed by atoms with Crippen LogP contribution in [-0.2, 0) is 9.59 Å². The van der Waals surface area contributed by atoms with Gasteiger partial charge in [0.1, 0.15) is 11.4 Å². The van der Waals surface area contributed by atoms with E-state index in [-0.39, 0.29) is 11.6 Å². The zero-order valence-corrected chi connectivity index (χ0v) is 16.4. The summed E-state index contributed by atoms with van der Waals surface area (Å²) in [6, 6.07) is 12.3. The van der Waals surface area contributed by atoms with E-state index in [0.717, 1.165) is 0 Å². The number of amides is 2. The molecule has 0 aliphatic carbocycles. The molecule has 28 heavy (non-hydrogen) atoms. The van der Waals surface area contributed by atoms with Crippen LogP contribution in [0.2, 0.25) is 0 Å². The lowest BCUT2D eigenvalue weighted by atomic mass is 10.1. The van der Waals surface area contributed by atoms with Gasteiger partial charge in [0.05, 0.1) is 26.5 Å². The molecule has 0 atom stereocenters. The van der Waals surface area contributed by atoms with Gasteiger partial charge in [-0.15, -0.1) is 0 Å². The molecule has 2 amide bonds. The van der Waals surface area contributed by atoms with Crippen molar-refractivity contribution in [2.24, 2.45) is 0 Å². The Balaban J connectivity index is 2.34. The second-order valence-corrected chi connectivity index (χ2v) is 5.74. The topological polar surface area (TPSA) is 85.9 Å². The molecular formula is C21H24N2O5. The van der Waals surface area contributed by atoms with E-state index in [1.165, 1.54) is 14.0 Å². The van der Waals surface area contributed by atoms with E-state index in [1.807, 2.05) is 13.0 Å². The van der Waals surface area contributed by atoms with E-state index in [9.17, 15) is 9.59 Å². The monoisotopic (exact) mass is 384 g/mol. The van der Waals surface area contributed by atoms with E-state index in [4.69, 9.17) is 14.2 Å². The van der Waals surface area contributed by atoms with Crippen molar-refractivity contribution < 1.29 is 23.8 Å². The van der Waals surface area contributed by atoms with E-state index < -0.39 is 5.91 Å². The summed E-state index contributed by atoms with van der Waals surface area (Å²) >= 11 is 0. The van der Waals surface area contributed by atoms with Crippen molar-refractivity contribution in [3.8, 4) is 17.2 Å². The Labute approximate surface area is 164 Å². The van der Waals surface area contributed by atoms with Gasteiger partial charge in [0.15, 0.2) is 11.5 Å². The fourth-order valence-corrected chi connectivity index (χ4v) is 2.50. The minimum atomic E-state index is -0.475. The normalized spacial score (nSPS) is 10.8. The van der Waals surface area contributed by atoms with Crippen LogP contribution in [-0.4, -0.2) is 32.6 Å². The van der Waals surface area contributed by atoms with E-state index in [2.05, 4.69) is 10.6 Å². The highest BCUT2D eigenvalue weighted by Crippen LogP contribution is 2.29. The third kappa shape index (κ3) is 5.51. The summed E-state index contributed by atoms with van der Waals surface area (Å²) in [6.45, 7) is 3.66. The number of methoxy groups -OCH3 is 2. The molecule has 7 heteroatoms. The van der Waals surface area contributed by atoms with Crippen LogP contribution in [0.25, 0.3) is 6.08 Å². The number of rotatable bonds is 8. The summed E-state index contributed by atoms with van der Waals surface area (Å²) in [5, 5.41) is 5.33. The van der Waals surface area contributed by atoms with Gasteiger partial charge in [-0.1, -0.05) is 18.2 Å². The fourth-order valence-electron chi connectivity index (χ4n) is 2.50. The highest BCUT2D eigenvalue weighted by Gasteiger charge is 2.14. The molecule has 0 heterocycles. The lowest BCUT2D eigenvalue weighted by molar-refractivity contribution is -0.120. The number of anilines is 1. The van der Waals surface area contributed by atoms with Crippen LogP contribution in [0.4, 0.5) is 5.69 Å². The first kappa shape index (κ1) is 20.8. The predicted molar refractivity (Wildman–Crippen MR) is 108 cm³/mol. The van der Waals surface area contributed by atoms with Crippen LogP contribution >= 0.6 is 0 Å². The molecule has 0 saturated carbocycles. The third-order valence-electron chi connectivity index (χ3n) is 3.71. The minimum absolute atomic E-state index is 0.0889. The lowest BCUT2D eigenvalue weighted by Crippen LogP contribution is -2.29. The van der Waals surface area contributed by atoms with Crippen molar-refractivity contribution in [2.75, 3.05) is 26.1 Å². The van der Waals surface area contributed by atoms with Crippen LogP contribution < -0.4 is 24.8 Å². The van der Waals surface area contributed by atoms with Crippen LogP contribution in [0, 0.1) is 0 Å². The second-order valence-electron chi connectivity index (χ2n) is 5.74. The molecule has 2 aromatic rings. The van der Waals surface area contributed by atoms with Crippen LogP contribution in [0.1, 0.15) is 19.4 Å². The summed E-state index contributed by atoms with van der Waals surface area (Å²) in [6.07, 6.45) is 1.56. The summed E-state index contributed by atoms with van der Waals surface area (Å²) in [5.74, 6) is 0.792. The molecule has 148 valence electrons. The van der Waals surface area contributed by atoms with Crippen LogP contribution in [0.15, 0.2) is 48.2 Å². The smallest absolute Gasteiger partial charge is 0.272 e. The number of para-hydroxylation sites is 2. The molecule has 0 aliphatic heterocycles. The molecular weight excluding hydrogens is 360 g/mol. The highest BCUT2D eigenvalue weighted by molar-refractivity contribution is 6.09. The molecule has 0 saturated heterocycles. The Morgan fingerprint density at radius 2 is 1.71 bits per heavy atom. The Morgan fingerprint density at radius 1 is 1.00 bits per heavy atom. The molecule has 2 aromatic carbocycles. The summed E-state index contributed by atoms with van der Waals surface area (Å²) in [5.41, 5.74) is 1.26. The molecule has 0 spiro atoms. The molecule has 2 rings (SSSR count). The summed E-state index contributed by atoms with van der Waals surface area (Å²) in [7, 11) is 3.07. The first-order valence-corrected chi connectivity index (χ1v) is 8.73. The van der Waals surface area contributed by atoms with Gasteiger partial charge in [-0.2, -0.15) is 0 Å². The van der Waals surface area contributed by atoms with Crippen molar-refractivity contribution in [3.05, 3.63) is 53.7 Å². The number of ether oxygens (including phenoxy) is 3. The Bertz CT molecular complexity index is 877. The minimum Gasteiger partial charge on any atom is -0.493 e. The first-order valence-electron chi connectivity index (χ1n) is 8.73. The number of hydrogen-bond donors (Lipinski definition) is 2. The van der Waals surface area contributed by atoms with Crippen LogP contribution in [0.3, 0.4) is 0 Å². The number of carbonyl (C=O) groups excluding carboxylic acids is 2. The molecule has 0 bridgehead atoms. The molecule has 0 fully saturated rings. The molecule has 0 aliphatic rings. The van der Waals surface area contributed by atoms with Crippen molar-refractivity contribution >= 4 is 23.6 Å². The van der Waals surface area contributed by atoms with E-state index >= 15 is 0 Å². The van der Waals surface area contributed by atoms with Crippen molar-refractivity contribution in [1.82, 2.24) is 5.32 Å². The highest BCUT2D eigenvalue weighted by atomic mass is 16.5. The van der Waals surface area contributed by atoms with Gasteiger partial charge in [0.25, 0.3) is 5.91 Å². The van der Waals surface area contributed by atoms with Gasteiger partial charge in [0.2, 0.25) is 5.91 Å². The second kappa shape index (κ2) is 10.0. The fraction of sp³-hybridized carbons (Fsp3) is 0.238. The van der Waals surface area contributed by atoms with Crippen molar-refractivity contribution in [3.63, 3.8) is 0 Å². The number of carbonyl (C=O) groups is 2. The van der Waals surface area contributed by atoms with E-state index in [1.54, 1.807) is 49.6 Å². The van der Waals surface area contributed by atoms with Crippen LogP contribution in [0.5, 0.6) is 17.2 Å². The molecule has 7 nitrogen and oxygen atoms in total. The standard InChI is InChI=1S/C21H24N2O5/c1-5-28-18-9-7-6-8-16(18)23-21(25)17(22-14(2)24)12-15-10-11-19(26-3)20(13-15)27-4/h6-13H,5H2,1-4H3,(H,22,24)(H,23,25)/b17-12+. The maximum atomic E-state index is 12.8. The van der Waals surface area contributed by atoms with Gasteiger partial charge in [0, 0.05) is 6.92 Å². The average molecular weight is 384 g/mol. The quantitative estimate of drug-likeness (QED) is 0.683. The van der Waals surface area contributed by atoms with Gasteiger partial charge < -0.3 is 24.8 Å². The first-order chi connectivity index (χ1) is 13.5. The molecule has 0 radical (unpaired) electrons. The molecule has 0 unspecified atom stereocenters. The largest absolute Gasteiger partial charge is 0.493 e. The van der Waals surface area contributed by atoms with Gasteiger partial charge in [-0.05, 0) is 42.8 Å². The Morgan fingerprint density at radius 3 is 2.36 bits per heavy atom. The van der Waals surface area contributed by atoms with Gasteiger partial charge in [-0.3, -0.25) is 9.59 Å². The lowest BCUT2D eigenvalue weighted by Gasteiger charge is -2.13. The average Bonchev–Trinajstić information content (AvgIpc) is 2.68. The van der Waals surface area contributed by atoms with Crippen molar-refractivity contribution in [1.29, 1.82) is 0 Å². The van der Waals surface area contributed by atoms with E-state index in [0.29, 0.717) is 35.1 Å². The van der Waals surface area contributed by atoms with Crippen molar-refractivity contribution in [2.45, 2.75) is 13.8 Å². The Hall–Kier alpha value is -3.48. The summed E-state index contributed by atoms with van der Waals surface area (Å²) < 4.78 is 16.0. The van der Waals surface area contributed by atoms with Gasteiger partial charge in [-0.25, -0.2) is 0 Å². The zero-order valence-electron chi connectivity index (χ0n) is 16.4.